The number of aryl methyl sites for hydroxylation is 1. The number of benzene rings is 1. The second-order valence-electron chi connectivity index (χ2n) is 4.07. The van der Waals surface area contributed by atoms with Crippen LogP contribution in [-0.2, 0) is 0 Å². The summed E-state index contributed by atoms with van der Waals surface area (Å²) in [4.78, 5) is 13.9. The van der Waals surface area contributed by atoms with Crippen LogP contribution in [0.15, 0.2) is 28.1 Å². The van der Waals surface area contributed by atoms with Gasteiger partial charge in [0.05, 0.1) is 20.4 Å². The highest BCUT2D eigenvalue weighted by atomic mass is 16.5. The molecule has 110 valence electrons. The molecule has 0 bridgehead atoms. The van der Waals surface area contributed by atoms with E-state index in [1.807, 2.05) is 0 Å². The van der Waals surface area contributed by atoms with Gasteiger partial charge in [-0.3, -0.25) is 9.78 Å². The van der Waals surface area contributed by atoms with Crippen molar-refractivity contribution in [3.63, 3.8) is 0 Å². The molecule has 0 spiro atoms. The fourth-order valence-corrected chi connectivity index (χ4v) is 1.55. The van der Waals surface area contributed by atoms with Gasteiger partial charge < -0.3 is 9.47 Å². The number of hydrazone groups is 1. The number of anilines is 1. The number of ether oxygens (including phenoxy) is 2. The normalized spacial score (nSPS) is 10.6. The Morgan fingerprint density at radius 2 is 2.10 bits per heavy atom. The van der Waals surface area contributed by atoms with E-state index in [0.29, 0.717) is 22.8 Å². The van der Waals surface area contributed by atoms with E-state index in [4.69, 9.17) is 9.47 Å². The monoisotopic (exact) mass is 289 g/mol. The minimum Gasteiger partial charge on any atom is -0.497 e. The van der Waals surface area contributed by atoms with Crippen molar-refractivity contribution < 1.29 is 9.47 Å². The molecule has 0 saturated heterocycles. The van der Waals surface area contributed by atoms with Crippen molar-refractivity contribution in [1.82, 2.24) is 15.2 Å². The molecule has 0 atom stereocenters. The third-order valence-electron chi connectivity index (χ3n) is 2.67. The molecule has 0 aliphatic heterocycles. The second kappa shape index (κ2) is 6.51. The third-order valence-corrected chi connectivity index (χ3v) is 2.67. The highest BCUT2D eigenvalue weighted by molar-refractivity contribution is 5.84. The maximum absolute atomic E-state index is 11.4. The highest BCUT2D eigenvalue weighted by Gasteiger charge is 2.03. The Labute approximate surface area is 120 Å². The van der Waals surface area contributed by atoms with E-state index in [9.17, 15) is 4.79 Å². The lowest BCUT2D eigenvalue weighted by atomic mass is 10.2. The zero-order chi connectivity index (χ0) is 15.2. The summed E-state index contributed by atoms with van der Waals surface area (Å²) in [5, 5.41) is 11.4. The molecule has 1 heterocycles. The number of aromatic amines is 1. The first-order valence-corrected chi connectivity index (χ1v) is 6.08. The largest absolute Gasteiger partial charge is 0.497 e. The van der Waals surface area contributed by atoms with Gasteiger partial charge in [-0.2, -0.15) is 5.10 Å². The molecule has 0 saturated carbocycles. The summed E-state index contributed by atoms with van der Waals surface area (Å²) in [6, 6.07) is 5.33. The van der Waals surface area contributed by atoms with Crippen molar-refractivity contribution in [2.45, 2.75) is 6.92 Å². The van der Waals surface area contributed by atoms with Gasteiger partial charge in [-0.05, 0) is 25.1 Å². The van der Waals surface area contributed by atoms with Gasteiger partial charge in [0, 0.05) is 5.56 Å². The van der Waals surface area contributed by atoms with Gasteiger partial charge in [0.15, 0.2) is 0 Å². The lowest BCUT2D eigenvalue weighted by Crippen LogP contribution is -2.15. The molecule has 8 heteroatoms. The van der Waals surface area contributed by atoms with Crippen LogP contribution in [0.3, 0.4) is 0 Å². The van der Waals surface area contributed by atoms with E-state index < -0.39 is 0 Å². The van der Waals surface area contributed by atoms with Crippen LogP contribution in [-0.4, -0.2) is 35.6 Å². The summed E-state index contributed by atoms with van der Waals surface area (Å²) in [7, 11) is 3.14. The van der Waals surface area contributed by atoms with Gasteiger partial charge in [0.1, 0.15) is 17.2 Å². The van der Waals surface area contributed by atoms with Gasteiger partial charge in [-0.1, -0.05) is 0 Å². The SMILES string of the molecule is COc1ccc(OC)c(C=NNc2nnc(C)c(=O)[nH]2)c1. The lowest BCUT2D eigenvalue weighted by molar-refractivity contribution is 0.402. The maximum Gasteiger partial charge on any atom is 0.274 e. The molecule has 2 N–H and O–H groups in total. The molecule has 0 radical (unpaired) electrons. The number of hydrogen-bond donors (Lipinski definition) is 2. The lowest BCUT2D eigenvalue weighted by Gasteiger charge is -2.06. The Hall–Kier alpha value is -2.90. The molecule has 0 unspecified atom stereocenters. The molecule has 2 rings (SSSR count). The Morgan fingerprint density at radius 1 is 1.29 bits per heavy atom. The van der Waals surface area contributed by atoms with Crippen molar-refractivity contribution in [3.8, 4) is 11.5 Å². The summed E-state index contributed by atoms with van der Waals surface area (Å²) >= 11 is 0. The smallest absolute Gasteiger partial charge is 0.274 e. The number of nitrogens with zero attached hydrogens (tertiary/aromatic N) is 3. The molecule has 0 amide bonds. The minimum absolute atomic E-state index is 0.156. The zero-order valence-corrected chi connectivity index (χ0v) is 11.9. The average molecular weight is 289 g/mol. The van der Waals surface area contributed by atoms with E-state index in [0.717, 1.165) is 0 Å². The number of hydrogen-bond acceptors (Lipinski definition) is 7. The molecule has 0 aliphatic rings. The molecule has 1 aromatic carbocycles. The van der Waals surface area contributed by atoms with E-state index >= 15 is 0 Å². The van der Waals surface area contributed by atoms with Crippen LogP contribution in [0.2, 0.25) is 0 Å². The molecular weight excluding hydrogens is 274 g/mol. The van der Waals surface area contributed by atoms with E-state index in [-0.39, 0.29) is 11.5 Å². The van der Waals surface area contributed by atoms with Crippen LogP contribution in [0.25, 0.3) is 0 Å². The number of nitrogens with one attached hydrogen (secondary N) is 2. The molecular formula is C13H15N5O3. The minimum atomic E-state index is -0.318. The van der Waals surface area contributed by atoms with Crippen LogP contribution in [0.1, 0.15) is 11.3 Å². The van der Waals surface area contributed by atoms with Crippen LogP contribution < -0.4 is 20.5 Å². The van der Waals surface area contributed by atoms with Gasteiger partial charge in [-0.15, -0.1) is 10.2 Å². The van der Waals surface area contributed by atoms with Crippen molar-refractivity contribution in [2.75, 3.05) is 19.6 Å². The molecule has 1 aromatic heterocycles. The summed E-state index contributed by atoms with van der Waals surface area (Å²) < 4.78 is 10.4. The van der Waals surface area contributed by atoms with Gasteiger partial charge in [-0.25, -0.2) is 5.43 Å². The van der Waals surface area contributed by atoms with Gasteiger partial charge in [0.25, 0.3) is 5.56 Å². The average Bonchev–Trinajstić information content (AvgIpc) is 2.50. The van der Waals surface area contributed by atoms with Crippen LogP contribution in [0.4, 0.5) is 5.95 Å². The first-order chi connectivity index (χ1) is 10.1. The van der Waals surface area contributed by atoms with Crippen molar-refractivity contribution in [1.29, 1.82) is 0 Å². The fraction of sp³-hybridized carbons (Fsp3) is 0.231. The number of methoxy groups -OCH3 is 2. The van der Waals surface area contributed by atoms with E-state index in [2.05, 4.69) is 25.7 Å². The Bertz CT molecular complexity index is 711. The predicted octanol–water partition coefficient (Wildman–Crippen LogP) is 0.937. The zero-order valence-electron chi connectivity index (χ0n) is 11.9. The Kier molecular flexibility index (Phi) is 4.50. The number of rotatable bonds is 5. The topological polar surface area (TPSA) is 101 Å². The van der Waals surface area contributed by atoms with E-state index in [1.54, 1.807) is 39.3 Å². The summed E-state index contributed by atoms with van der Waals surface area (Å²) in [6.45, 7) is 1.57. The quantitative estimate of drug-likeness (QED) is 0.627. The van der Waals surface area contributed by atoms with Gasteiger partial charge in [0.2, 0.25) is 5.95 Å². The molecule has 21 heavy (non-hydrogen) atoms. The van der Waals surface area contributed by atoms with Crippen molar-refractivity contribution in [3.05, 3.63) is 39.8 Å². The predicted molar refractivity (Wildman–Crippen MR) is 78.2 cm³/mol. The molecule has 8 nitrogen and oxygen atoms in total. The summed E-state index contributed by atoms with van der Waals surface area (Å²) in [6.07, 6.45) is 1.53. The van der Waals surface area contributed by atoms with Crippen LogP contribution >= 0.6 is 0 Å². The maximum atomic E-state index is 11.4. The summed E-state index contributed by atoms with van der Waals surface area (Å²) in [5.41, 5.74) is 3.28. The first kappa shape index (κ1) is 14.5. The Balaban J connectivity index is 2.17. The van der Waals surface area contributed by atoms with Crippen molar-refractivity contribution >= 4 is 12.2 Å². The van der Waals surface area contributed by atoms with E-state index in [1.165, 1.54) is 6.21 Å². The molecule has 0 fully saturated rings. The van der Waals surface area contributed by atoms with Gasteiger partial charge >= 0.3 is 0 Å². The third kappa shape index (κ3) is 3.56. The molecule has 0 aliphatic carbocycles. The van der Waals surface area contributed by atoms with Crippen LogP contribution in [0, 0.1) is 6.92 Å². The Morgan fingerprint density at radius 3 is 2.76 bits per heavy atom. The fourth-order valence-electron chi connectivity index (χ4n) is 1.55. The first-order valence-electron chi connectivity index (χ1n) is 6.08. The standard InChI is InChI=1S/C13H15N5O3/c1-8-12(19)15-13(18-16-8)17-14-7-9-6-10(20-2)4-5-11(9)21-3/h4-7H,1-3H3,(H2,15,17,18,19). The number of H-pyrrole nitrogens is 1. The van der Waals surface area contributed by atoms with Crippen LogP contribution in [0.5, 0.6) is 11.5 Å². The van der Waals surface area contributed by atoms with Crippen molar-refractivity contribution in [2.24, 2.45) is 5.10 Å². The highest BCUT2D eigenvalue weighted by Crippen LogP contribution is 2.22. The number of aromatic nitrogens is 3. The second-order valence-corrected chi connectivity index (χ2v) is 4.07. The molecule has 2 aromatic rings. The summed E-state index contributed by atoms with van der Waals surface area (Å²) in [5.74, 6) is 1.48.